The molecule has 0 amide bonds. The van der Waals surface area contributed by atoms with Crippen molar-refractivity contribution in [1.82, 2.24) is 0 Å². The predicted octanol–water partition coefficient (Wildman–Crippen LogP) is -3.75. The van der Waals surface area contributed by atoms with Crippen molar-refractivity contribution >= 4 is 15.6 Å². The van der Waals surface area contributed by atoms with E-state index in [4.69, 9.17) is 38.5 Å². The maximum Gasteiger partial charge on any atom is 2.00 e. The van der Waals surface area contributed by atoms with E-state index in [9.17, 15) is 0 Å². The largest absolute Gasteiger partial charge is 2.00 e. The Morgan fingerprint density at radius 3 is 0.500 bits per heavy atom. The van der Waals surface area contributed by atoms with Crippen LogP contribution < -0.4 is 29.4 Å². The van der Waals surface area contributed by atoms with Crippen LogP contribution in [0.25, 0.3) is 0 Å². The van der Waals surface area contributed by atoms with Crippen LogP contribution in [0, 0.1) is 0 Å². The molecule has 115 valence electrons. The molecular weight excluding hydrogens is 417 g/mol. The molecule has 3 radical (unpaired) electrons. The van der Waals surface area contributed by atoms with Crippen molar-refractivity contribution < 1.29 is 89.7 Å². The van der Waals surface area contributed by atoms with Crippen molar-refractivity contribution in [2.75, 3.05) is 0 Å². The van der Waals surface area contributed by atoms with Crippen LogP contribution in [0.15, 0.2) is 0 Å². The number of rotatable bonds is 0. The summed E-state index contributed by atoms with van der Waals surface area (Å²) in [4.78, 5) is 51.3. The quantitative estimate of drug-likeness (QED) is 0.279. The summed E-state index contributed by atoms with van der Waals surface area (Å²) in [5, 5.41) is 0. The van der Waals surface area contributed by atoms with Gasteiger partial charge in [0.2, 0.25) is 0 Å². The number of phosphoric acid groups is 2. The zero-order valence-corrected chi connectivity index (χ0v) is 9.68. The topological polar surface area (TPSA) is 172 Å². The molecule has 0 N–H and O–H groups in total. The molecule has 0 aromatic heterocycles. The maximum absolute atomic E-state index is 8.55. The van der Waals surface area contributed by atoms with Crippen LogP contribution in [0.3, 0.4) is 0 Å². The van der Waals surface area contributed by atoms with E-state index < -0.39 is 15.6 Å². The summed E-state index contributed by atoms with van der Waals surface area (Å²) >= 11 is 0. The Morgan fingerprint density at radius 2 is 0.500 bits per heavy atom. The summed E-state index contributed by atoms with van der Waals surface area (Å²) in [6, 6.07) is 0. The molecule has 0 aliphatic rings. The Kier molecular flexibility index (Phi) is 72.0. The van der Waals surface area contributed by atoms with Gasteiger partial charge in [-0.25, -0.2) is 0 Å². The molecule has 13 heteroatoms. The second kappa shape index (κ2) is 22.0. The molecule has 0 unspecified atom stereocenters. The molecule has 0 saturated carbocycles. The minimum atomic E-state index is -5.39. The van der Waals surface area contributed by atoms with Gasteiger partial charge >= 0.3 is 51.2 Å². The van der Waals surface area contributed by atoms with E-state index in [0.717, 1.165) is 0 Å². The van der Waals surface area contributed by atoms with Gasteiger partial charge < -0.3 is 38.5 Å². The van der Waals surface area contributed by atoms with Crippen LogP contribution >= 0.6 is 15.6 Å². The Balaban J connectivity index is -0.00000000970. The van der Waals surface area contributed by atoms with E-state index >= 15 is 0 Å². The molecule has 0 saturated heterocycles. The minimum Gasteiger partial charge on any atom is -0.822 e. The molecule has 0 bridgehead atoms. The van der Waals surface area contributed by atoms with Crippen molar-refractivity contribution in [3.8, 4) is 0 Å². The van der Waals surface area contributed by atoms with Gasteiger partial charge in [0.1, 0.15) is 0 Å². The van der Waals surface area contributed by atoms with Crippen LogP contribution in [0.4, 0.5) is 0 Å². The molecule has 0 fully saturated rings. The van der Waals surface area contributed by atoms with Crippen LogP contribution in [0.5, 0.6) is 0 Å². The molecule has 0 aliphatic heterocycles. The average molecular weight is 429 g/mol. The minimum absolute atomic E-state index is 0. The van der Waals surface area contributed by atoms with Gasteiger partial charge in [-0.3, -0.25) is 0 Å². The van der Waals surface area contributed by atoms with Crippen molar-refractivity contribution in [2.45, 2.75) is 22.3 Å². The molecule has 0 aromatic rings. The predicted molar refractivity (Wildman–Crippen MR) is 35.4 cm³/mol. The number of hydrogen-bond acceptors (Lipinski definition) is 8. The summed E-state index contributed by atoms with van der Waals surface area (Å²) in [6.45, 7) is 0. The Hall–Kier alpha value is 1.78. The van der Waals surface area contributed by atoms with E-state index in [1.165, 1.54) is 0 Å². The molecule has 0 heterocycles. The molecule has 0 atom stereocenters. The van der Waals surface area contributed by atoms with E-state index in [1.54, 1.807) is 0 Å². The monoisotopic (exact) mass is 427 g/mol. The molecule has 0 rings (SSSR count). The van der Waals surface area contributed by atoms with Gasteiger partial charge in [0.25, 0.3) is 0 Å². The fourth-order valence-electron chi connectivity index (χ4n) is 0. The third-order valence-corrected chi connectivity index (χ3v) is 0. The zero-order chi connectivity index (χ0) is 9.00. The first-order valence-corrected chi connectivity index (χ1v) is 4.38. The van der Waals surface area contributed by atoms with E-state index in [2.05, 4.69) is 0 Å². The van der Waals surface area contributed by atoms with E-state index in [0.29, 0.717) is 0 Å². The molecule has 0 spiro atoms. The molecule has 0 aliphatic carbocycles. The fourth-order valence-corrected chi connectivity index (χ4v) is 0. The van der Waals surface area contributed by atoms with Gasteiger partial charge in [-0.05, 0) is 0 Å². The summed E-state index contributed by atoms with van der Waals surface area (Å²) in [6.07, 6.45) is 0. The maximum atomic E-state index is 8.55. The third-order valence-electron chi connectivity index (χ3n) is 0. The van der Waals surface area contributed by atoms with Crippen LogP contribution in [0.2, 0.25) is 0 Å². The Labute approximate surface area is 127 Å². The average Bonchev–Trinajstić information content (AvgIpc) is 1.12. The molecule has 16 heavy (non-hydrogen) atoms. The first-order valence-electron chi connectivity index (χ1n) is 1.46. The summed E-state index contributed by atoms with van der Waals surface area (Å²) in [5.74, 6) is 0. The smallest absolute Gasteiger partial charge is 0.822 e. The van der Waals surface area contributed by atoms with Crippen molar-refractivity contribution in [2.24, 2.45) is 0 Å². The Bertz CT molecular complexity index is 141. The van der Waals surface area contributed by atoms with Gasteiger partial charge in [-0.2, -0.15) is 15.6 Å². The first-order chi connectivity index (χ1) is 4.00. The van der Waals surface area contributed by atoms with Crippen LogP contribution in [0.1, 0.15) is 22.3 Å². The van der Waals surface area contributed by atoms with Gasteiger partial charge in [0.15, 0.2) is 0 Å². The third kappa shape index (κ3) is 1090. The molecule has 0 aromatic carbocycles. The second-order valence-corrected chi connectivity index (χ2v) is 2.68. The standard InChI is InChI=1S/3CH4.3Cu.2H3O4P/c;;;;;;2*1-5(2,3)4/h3*1H4;;;;2*(H3,1,2,3,4)/q;;;3*+2;;/p-6. The first kappa shape index (κ1) is 52.3. The van der Waals surface area contributed by atoms with E-state index in [1.807, 2.05) is 0 Å². The van der Waals surface area contributed by atoms with Gasteiger partial charge in [0.05, 0.1) is 0 Å². The van der Waals surface area contributed by atoms with Crippen LogP contribution in [-0.2, 0) is 60.3 Å². The van der Waals surface area contributed by atoms with Crippen molar-refractivity contribution in [3.63, 3.8) is 0 Å². The SMILES string of the molecule is C.C.C.O=P([O-])([O-])[O-].O=P([O-])([O-])[O-].[Cu+2].[Cu+2].[Cu+2]. The van der Waals surface area contributed by atoms with Gasteiger partial charge in [-0.1, -0.05) is 22.3 Å². The second-order valence-electron chi connectivity index (χ2n) is 0.894. The van der Waals surface area contributed by atoms with Crippen LogP contribution in [-0.4, -0.2) is 0 Å². The number of hydrogen-bond donors (Lipinski definition) is 0. The van der Waals surface area contributed by atoms with Crippen molar-refractivity contribution in [3.05, 3.63) is 0 Å². The molecule has 8 nitrogen and oxygen atoms in total. The van der Waals surface area contributed by atoms with Gasteiger partial charge in [0, 0.05) is 0 Å². The summed E-state index contributed by atoms with van der Waals surface area (Å²) in [5.41, 5.74) is 0. The van der Waals surface area contributed by atoms with Crippen molar-refractivity contribution in [1.29, 1.82) is 0 Å². The fraction of sp³-hybridized carbons (Fsp3) is 1.00. The Morgan fingerprint density at radius 1 is 0.500 bits per heavy atom. The molecular formula is C3H12Cu3O8P2. The normalized spacial score (nSPS) is 7.38. The van der Waals surface area contributed by atoms with E-state index in [-0.39, 0.29) is 73.5 Å². The zero-order valence-electron chi connectivity index (χ0n) is 5.06. The summed E-state index contributed by atoms with van der Waals surface area (Å²) in [7, 11) is -10.8. The summed E-state index contributed by atoms with van der Waals surface area (Å²) < 4.78 is 17.1. The van der Waals surface area contributed by atoms with Gasteiger partial charge in [-0.15, -0.1) is 0 Å².